The van der Waals surface area contributed by atoms with E-state index >= 15 is 0 Å². The third-order valence-electron chi connectivity index (χ3n) is 3.71. The van der Waals surface area contributed by atoms with Crippen LogP contribution >= 0.6 is 0 Å². The van der Waals surface area contributed by atoms with Crippen molar-refractivity contribution in [2.75, 3.05) is 0 Å². The molecule has 0 aromatic heterocycles. The predicted molar refractivity (Wildman–Crippen MR) is 64.7 cm³/mol. The first-order valence-corrected chi connectivity index (χ1v) is 6.21. The Labute approximate surface area is 96.4 Å². The van der Waals surface area contributed by atoms with Crippen molar-refractivity contribution in [2.24, 2.45) is 5.73 Å². The number of rotatable bonds is 1. The van der Waals surface area contributed by atoms with Crippen molar-refractivity contribution in [3.63, 3.8) is 0 Å². The zero-order valence-electron chi connectivity index (χ0n) is 9.50. The van der Waals surface area contributed by atoms with Crippen molar-refractivity contribution in [1.29, 1.82) is 0 Å². The largest absolute Gasteiger partial charge is 0.315 e. The number of fused-ring (bicyclic) bond motifs is 1. The highest BCUT2D eigenvalue weighted by molar-refractivity contribution is 5.35. The van der Waals surface area contributed by atoms with Crippen LogP contribution in [0.5, 0.6) is 0 Å². The van der Waals surface area contributed by atoms with E-state index in [2.05, 4.69) is 29.1 Å². The van der Waals surface area contributed by atoms with Crippen molar-refractivity contribution in [3.8, 4) is 0 Å². The predicted octanol–water partition coefficient (Wildman–Crippen LogP) is 1.39. The van der Waals surface area contributed by atoms with Gasteiger partial charge in [0.1, 0.15) is 0 Å². The maximum atomic E-state index is 5.83. The lowest BCUT2D eigenvalue weighted by Crippen LogP contribution is -2.36. The van der Waals surface area contributed by atoms with Gasteiger partial charge in [-0.3, -0.25) is 0 Å². The Morgan fingerprint density at radius 2 is 1.88 bits per heavy atom. The SMILES string of the molecule is NC1CC(c2ccc3c(c2)CCCC3)NN1. The van der Waals surface area contributed by atoms with Crippen LogP contribution in [0.25, 0.3) is 0 Å². The minimum Gasteiger partial charge on any atom is -0.315 e. The van der Waals surface area contributed by atoms with Crippen LogP contribution < -0.4 is 16.6 Å². The molecule has 3 nitrogen and oxygen atoms in total. The lowest BCUT2D eigenvalue weighted by atomic mass is 9.89. The highest BCUT2D eigenvalue weighted by Gasteiger charge is 2.22. The van der Waals surface area contributed by atoms with Crippen LogP contribution in [0.4, 0.5) is 0 Å². The van der Waals surface area contributed by atoms with Gasteiger partial charge in [-0.15, -0.1) is 0 Å². The zero-order valence-corrected chi connectivity index (χ0v) is 9.50. The van der Waals surface area contributed by atoms with Gasteiger partial charge in [-0.1, -0.05) is 18.2 Å². The van der Waals surface area contributed by atoms with Crippen LogP contribution in [0.2, 0.25) is 0 Å². The molecule has 0 saturated carbocycles. The fourth-order valence-electron chi connectivity index (χ4n) is 2.77. The Kier molecular flexibility index (Phi) is 2.67. The van der Waals surface area contributed by atoms with E-state index in [1.54, 1.807) is 11.1 Å². The molecule has 1 aromatic carbocycles. The molecule has 0 bridgehead atoms. The minimum absolute atomic E-state index is 0.0843. The average molecular weight is 217 g/mol. The van der Waals surface area contributed by atoms with Crippen molar-refractivity contribution in [3.05, 3.63) is 34.9 Å². The number of hydrogen-bond donors (Lipinski definition) is 3. The summed E-state index contributed by atoms with van der Waals surface area (Å²) in [4.78, 5) is 0. The van der Waals surface area contributed by atoms with Gasteiger partial charge < -0.3 is 5.73 Å². The fourth-order valence-corrected chi connectivity index (χ4v) is 2.77. The van der Waals surface area contributed by atoms with Crippen molar-refractivity contribution < 1.29 is 0 Å². The second-order valence-electron chi connectivity index (χ2n) is 4.92. The van der Waals surface area contributed by atoms with Crippen LogP contribution in [-0.2, 0) is 12.8 Å². The molecule has 0 radical (unpaired) electrons. The van der Waals surface area contributed by atoms with E-state index in [1.807, 2.05) is 0 Å². The highest BCUT2D eigenvalue weighted by Crippen LogP contribution is 2.27. The number of benzene rings is 1. The molecule has 2 unspecified atom stereocenters. The lowest BCUT2D eigenvalue weighted by Gasteiger charge is -2.18. The third-order valence-corrected chi connectivity index (χ3v) is 3.71. The molecule has 4 N–H and O–H groups in total. The molecule has 1 fully saturated rings. The number of nitrogens with one attached hydrogen (secondary N) is 2. The second kappa shape index (κ2) is 4.17. The molecule has 1 heterocycles. The summed E-state index contributed by atoms with van der Waals surface area (Å²) in [6.45, 7) is 0. The van der Waals surface area contributed by atoms with Gasteiger partial charge in [0.05, 0.1) is 6.17 Å². The van der Waals surface area contributed by atoms with Gasteiger partial charge in [-0.25, -0.2) is 10.9 Å². The summed E-state index contributed by atoms with van der Waals surface area (Å²) in [7, 11) is 0. The van der Waals surface area contributed by atoms with Crippen LogP contribution in [0.1, 0.15) is 42.0 Å². The lowest BCUT2D eigenvalue weighted by molar-refractivity contribution is 0.551. The topological polar surface area (TPSA) is 50.1 Å². The Bertz CT molecular complexity index is 389. The summed E-state index contributed by atoms with van der Waals surface area (Å²) in [6.07, 6.45) is 6.24. The van der Waals surface area contributed by atoms with Gasteiger partial charge >= 0.3 is 0 Å². The number of aryl methyl sites for hydroxylation is 2. The fraction of sp³-hybridized carbons (Fsp3) is 0.538. The van der Waals surface area contributed by atoms with E-state index < -0.39 is 0 Å². The molecule has 1 aromatic rings. The third kappa shape index (κ3) is 1.86. The van der Waals surface area contributed by atoms with Gasteiger partial charge in [0.2, 0.25) is 0 Å². The van der Waals surface area contributed by atoms with Gasteiger partial charge in [-0.2, -0.15) is 0 Å². The van der Waals surface area contributed by atoms with Crippen LogP contribution in [-0.4, -0.2) is 6.17 Å². The van der Waals surface area contributed by atoms with E-state index in [9.17, 15) is 0 Å². The maximum absolute atomic E-state index is 5.83. The van der Waals surface area contributed by atoms with Gasteiger partial charge in [0.25, 0.3) is 0 Å². The molecular weight excluding hydrogens is 198 g/mol. The number of hydrazine groups is 1. The summed E-state index contributed by atoms with van der Waals surface area (Å²) in [5, 5.41) is 0. The van der Waals surface area contributed by atoms with Gasteiger partial charge in [0, 0.05) is 6.04 Å². The van der Waals surface area contributed by atoms with Crippen molar-refractivity contribution >= 4 is 0 Å². The van der Waals surface area contributed by atoms with E-state index in [4.69, 9.17) is 5.73 Å². The standard InChI is InChI=1S/C13H19N3/c14-13-8-12(15-16-13)11-6-5-9-3-1-2-4-10(9)7-11/h5-7,12-13,15-16H,1-4,8,14H2. The number of nitrogens with two attached hydrogens (primary N) is 1. The Balaban J connectivity index is 1.85. The molecule has 2 aliphatic rings. The Morgan fingerprint density at radius 3 is 2.62 bits per heavy atom. The Hall–Kier alpha value is -0.900. The minimum atomic E-state index is 0.0843. The summed E-state index contributed by atoms with van der Waals surface area (Å²) in [5.74, 6) is 0. The van der Waals surface area contributed by atoms with Gasteiger partial charge in [-0.05, 0) is 48.8 Å². The molecule has 0 spiro atoms. The highest BCUT2D eigenvalue weighted by atomic mass is 15.4. The molecule has 2 atom stereocenters. The summed E-state index contributed by atoms with van der Waals surface area (Å²) >= 11 is 0. The summed E-state index contributed by atoms with van der Waals surface area (Å²) in [5.41, 5.74) is 16.6. The molecule has 86 valence electrons. The second-order valence-corrected chi connectivity index (χ2v) is 4.92. The molecule has 3 rings (SSSR count). The quantitative estimate of drug-likeness (QED) is 0.666. The smallest absolute Gasteiger partial charge is 0.0698 e. The summed E-state index contributed by atoms with van der Waals surface area (Å²) < 4.78 is 0. The average Bonchev–Trinajstić information content (AvgIpc) is 2.75. The first-order chi connectivity index (χ1) is 7.83. The first-order valence-electron chi connectivity index (χ1n) is 6.21. The molecule has 0 amide bonds. The van der Waals surface area contributed by atoms with Crippen LogP contribution in [0, 0.1) is 0 Å². The van der Waals surface area contributed by atoms with Crippen LogP contribution in [0.3, 0.4) is 0 Å². The first kappa shape index (κ1) is 10.3. The van der Waals surface area contributed by atoms with E-state index in [0.29, 0.717) is 6.04 Å². The molecule has 1 saturated heterocycles. The zero-order chi connectivity index (χ0) is 11.0. The van der Waals surface area contributed by atoms with E-state index in [0.717, 1.165) is 6.42 Å². The van der Waals surface area contributed by atoms with E-state index in [-0.39, 0.29) is 6.17 Å². The maximum Gasteiger partial charge on any atom is 0.0698 e. The van der Waals surface area contributed by atoms with Gasteiger partial charge in [0.15, 0.2) is 0 Å². The molecule has 16 heavy (non-hydrogen) atoms. The normalized spacial score (nSPS) is 29.1. The molecule has 3 heteroatoms. The Morgan fingerprint density at radius 1 is 1.06 bits per heavy atom. The molecule has 1 aliphatic carbocycles. The molecular formula is C13H19N3. The number of hydrogen-bond acceptors (Lipinski definition) is 3. The van der Waals surface area contributed by atoms with Crippen LogP contribution in [0.15, 0.2) is 18.2 Å². The summed E-state index contributed by atoms with van der Waals surface area (Å²) in [6, 6.07) is 7.30. The van der Waals surface area contributed by atoms with Crippen molar-refractivity contribution in [1.82, 2.24) is 10.9 Å². The monoisotopic (exact) mass is 217 g/mol. The van der Waals surface area contributed by atoms with E-state index in [1.165, 1.54) is 31.2 Å². The molecule has 1 aliphatic heterocycles. The van der Waals surface area contributed by atoms with Crippen molar-refractivity contribution in [2.45, 2.75) is 44.3 Å².